The van der Waals surface area contributed by atoms with E-state index in [0.717, 1.165) is 11.8 Å². The Morgan fingerprint density at radius 1 is 1.59 bits per heavy atom. The lowest BCUT2D eigenvalue weighted by Gasteiger charge is -2.27. The van der Waals surface area contributed by atoms with Crippen molar-refractivity contribution < 1.29 is 4.79 Å². The molecule has 116 valence electrons. The van der Waals surface area contributed by atoms with Gasteiger partial charge in [-0.1, -0.05) is 11.6 Å². The molecular weight excluding hydrogens is 278 g/mol. The van der Waals surface area contributed by atoms with Crippen molar-refractivity contribution in [1.82, 2.24) is 4.90 Å². The number of rotatable bonds is 7. The Labute approximate surface area is 130 Å². The van der Waals surface area contributed by atoms with E-state index in [1.54, 1.807) is 17.0 Å². The lowest BCUT2D eigenvalue weighted by atomic mass is 10.1. The summed E-state index contributed by atoms with van der Waals surface area (Å²) >= 11 is 0. The highest BCUT2D eigenvalue weighted by Crippen LogP contribution is 2.21. The number of nitrogens with one attached hydrogen (secondary N) is 2. The third kappa shape index (κ3) is 4.42. The molecule has 0 radical (unpaired) electrons. The van der Waals surface area contributed by atoms with Crippen LogP contribution in [-0.4, -0.2) is 35.8 Å². The van der Waals surface area contributed by atoms with Crippen molar-refractivity contribution in [2.75, 3.05) is 12.0 Å². The van der Waals surface area contributed by atoms with Crippen LogP contribution >= 0.6 is 0 Å². The Bertz CT molecular complexity index is 603. The summed E-state index contributed by atoms with van der Waals surface area (Å²) in [6.45, 7) is 6.19. The molecule has 0 saturated carbocycles. The van der Waals surface area contributed by atoms with E-state index in [9.17, 15) is 4.79 Å². The summed E-state index contributed by atoms with van der Waals surface area (Å²) in [7, 11) is 0. The van der Waals surface area contributed by atoms with Gasteiger partial charge in [0.05, 0.1) is 30.0 Å². The van der Waals surface area contributed by atoms with E-state index >= 15 is 0 Å². The Kier molecular flexibility index (Phi) is 6.77. The number of nitrogens with zero attached hydrogens (tertiary/aromatic N) is 3. The molecule has 0 unspecified atom stereocenters. The van der Waals surface area contributed by atoms with Gasteiger partial charge < -0.3 is 10.3 Å². The molecule has 1 amide bonds. The van der Waals surface area contributed by atoms with Crippen molar-refractivity contribution >= 4 is 24.0 Å². The third-order valence-corrected chi connectivity index (χ3v) is 3.26. The van der Waals surface area contributed by atoms with Gasteiger partial charge >= 0.3 is 0 Å². The molecule has 0 heterocycles. The van der Waals surface area contributed by atoms with E-state index in [2.05, 4.69) is 16.6 Å². The van der Waals surface area contributed by atoms with Gasteiger partial charge in [0.25, 0.3) is 5.91 Å². The lowest BCUT2D eigenvalue weighted by Crippen LogP contribution is -2.38. The summed E-state index contributed by atoms with van der Waals surface area (Å²) in [5, 5.41) is 19.6. The molecule has 0 aliphatic carbocycles. The topological polar surface area (TPSA) is 92.3 Å². The number of hydrazone groups is 1. The van der Waals surface area contributed by atoms with Crippen LogP contribution in [0.4, 0.5) is 5.69 Å². The fourth-order valence-electron chi connectivity index (χ4n) is 2.13. The van der Waals surface area contributed by atoms with Gasteiger partial charge in [0.15, 0.2) is 0 Å². The summed E-state index contributed by atoms with van der Waals surface area (Å²) < 4.78 is 0. The fraction of sp³-hybridized carbons (Fsp3) is 0.375. The van der Waals surface area contributed by atoms with E-state index in [1.165, 1.54) is 6.21 Å². The molecular formula is C16H21N5O. The zero-order chi connectivity index (χ0) is 16.5. The minimum absolute atomic E-state index is 0.137. The molecule has 0 fully saturated rings. The number of carbonyl (C=O) groups excluding carboxylic acids is 1. The average Bonchev–Trinajstić information content (AvgIpc) is 2.49. The van der Waals surface area contributed by atoms with E-state index < -0.39 is 0 Å². The van der Waals surface area contributed by atoms with Crippen LogP contribution in [0.3, 0.4) is 0 Å². The van der Waals surface area contributed by atoms with Crippen molar-refractivity contribution in [2.24, 2.45) is 5.10 Å². The molecule has 1 rings (SSSR count). The minimum Gasteiger partial charge on any atom is -0.335 e. The molecule has 6 heteroatoms. The highest BCUT2D eigenvalue weighted by atomic mass is 16.2. The number of amides is 1. The highest BCUT2D eigenvalue weighted by molar-refractivity contribution is 6.14. The highest BCUT2D eigenvalue weighted by Gasteiger charge is 2.22. The molecule has 1 aromatic carbocycles. The molecule has 1 aromatic rings. The maximum atomic E-state index is 12.8. The van der Waals surface area contributed by atoms with Crippen molar-refractivity contribution in [3.8, 4) is 6.07 Å². The van der Waals surface area contributed by atoms with Crippen LogP contribution < -0.4 is 5.43 Å². The van der Waals surface area contributed by atoms with Crippen LogP contribution in [0.2, 0.25) is 0 Å². The van der Waals surface area contributed by atoms with E-state index in [0.29, 0.717) is 24.2 Å². The van der Waals surface area contributed by atoms with Crippen LogP contribution in [0, 0.1) is 23.7 Å². The number of benzene rings is 1. The van der Waals surface area contributed by atoms with Gasteiger partial charge in [-0.3, -0.25) is 10.2 Å². The number of anilines is 1. The van der Waals surface area contributed by atoms with Gasteiger partial charge in [0.1, 0.15) is 0 Å². The number of carbonyl (C=O) groups is 1. The van der Waals surface area contributed by atoms with E-state index in [1.807, 2.05) is 26.8 Å². The summed E-state index contributed by atoms with van der Waals surface area (Å²) in [6, 6.07) is 7.41. The van der Waals surface area contributed by atoms with Gasteiger partial charge in [-0.2, -0.15) is 10.4 Å². The number of aryl methyl sites for hydroxylation is 1. The van der Waals surface area contributed by atoms with Gasteiger partial charge in [0.2, 0.25) is 0 Å². The molecule has 1 atom stereocenters. The number of hydrogen-bond acceptors (Lipinski definition) is 5. The molecule has 22 heavy (non-hydrogen) atoms. The summed E-state index contributed by atoms with van der Waals surface area (Å²) in [5.74, 6) is -0.137. The predicted octanol–water partition coefficient (Wildman–Crippen LogP) is 2.81. The Hall–Kier alpha value is -2.68. The minimum atomic E-state index is -0.152. The second kappa shape index (κ2) is 8.57. The third-order valence-electron chi connectivity index (χ3n) is 3.26. The van der Waals surface area contributed by atoms with Gasteiger partial charge in [-0.05, 0) is 32.9 Å². The number of nitriles is 1. The first-order chi connectivity index (χ1) is 10.5. The second-order valence-corrected chi connectivity index (χ2v) is 4.91. The maximum absolute atomic E-state index is 12.8. The summed E-state index contributed by atoms with van der Waals surface area (Å²) in [5.41, 5.74) is 4.83. The largest absolute Gasteiger partial charge is 0.335 e. The van der Waals surface area contributed by atoms with Gasteiger partial charge in [-0.15, -0.1) is 0 Å². The molecule has 0 spiro atoms. The molecule has 0 bridgehead atoms. The van der Waals surface area contributed by atoms with Crippen LogP contribution in [0.1, 0.15) is 36.2 Å². The summed E-state index contributed by atoms with van der Waals surface area (Å²) in [4.78, 5) is 14.4. The quantitative estimate of drug-likeness (QED) is 0.599. The molecule has 0 aliphatic rings. The molecule has 0 saturated heterocycles. The fourth-order valence-corrected chi connectivity index (χ4v) is 2.13. The molecule has 0 aromatic heterocycles. The summed E-state index contributed by atoms with van der Waals surface area (Å²) in [6.07, 6.45) is 2.64. The van der Waals surface area contributed by atoms with Crippen LogP contribution in [0.25, 0.3) is 0 Å². The predicted molar refractivity (Wildman–Crippen MR) is 88.5 cm³/mol. The first-order valence-corrected chi connectivity index (χ1v) is 7.11. The van der Waals surface area contributed by atoms with Crippen molar-refractivity contribution in [2.45, 2.75) is 33.2 Å². The van der Waals surface area contributed by atoms with Crippen LogP contribution in [0.5, 0.6) is 0 Å². The van der Waals surface area contributed by atoms with Crippen LogP contribution in [-0.2, 0) is 0 Å². The van der Waals surface area contributed by atoms with E-state index in [4.69, 9.17) is 10.7 Å². The Balaban J connectivity index is 3.13. The van der Waals surface area contributed by atoms with Gasteiger partial charge in [0, 0.05) is 18.8 Å². The smallest absolute Gasteiger partial charge is 0.256 e. The van der Waals surface area contributed by atoms with Crippen molar-refractivity contribution in [3.63, 3.8) is 0 Å². The number of hydrogen-bond donors (Lipinski definition) is 2. The van der Waals surface area contributed by atoms with Crippen molar-refractivity contribution in [3.05, 3.63) is 29.3 Å². The first kappa shape index (κ1) is 17.4. The zero-order valence-electron chi connectivity index (χ0n) is 13.1. The standard InChI is InChI=1S/C16H21N5O/c1-4-21(13(3)7-8-17)16(22)14-11-12(2)5-6-15(14)20-19-10-9-18/h5-6,9-11,13,18,20H,4,7H2,1-3H3/b18-9?,19-10-/t13-/m0/s1. The maximum Gasteiger partial charge on any atom is 0.256 e. The normalized spacial score (nSPS) is 11.7. The zero-order valence-corrected chi connectivity index (χ0v) is 13.1. The van der Waals surface area contributed by atoms with Crippen molar-refractivity contribution in [1.29, 1.82) is 10.7 Å². The van der Waals surface area contributed by atoms with Crippen LogP contribution in [0.15, 0.2) is 23.3 Å². The Morgan fingerprint density at radius 3 is 2.91 bits per heavy atom. The van der Waals surface area contributed by atoms with Gasteiger partial charge in [-0.25, -0.2) is 0 Å². The molecule has 0 aliphatic heterocycles. The second-order valence-electron chi connectivity index (χ2n) is 4.91. The monoisotopic (exact) mass is 299 g/mol. The molecule has 2 N–H and O–H groups in total. The molecule has 6 nitrogen and oxygen atoms in total. The SMILES string of the molecule is CCN(C(=O)c1cc(C)ccc1N/N=C\C=N)[C@@H](C)CC#N. The lowest BCUT2D eigenvalue weighted by molar-refractivity contribution is 0.0707. The average molecular weight is 299 g/mol. The first-order valence-electron chi connectivity index (χ1n) is 7.11. The van der Waals surface area contributed by atoms with E-state index in [-0.39, 0.29) is 11.9 Å². The Morgan fingerprint density at radius 2 is 2.32 bits per heavy atom.